The molecule has 4 nitrogen and oxygen atoms in total. The van der Waals surface area contributed by atoms with Gasteiger partial charge < -0.3 is 0 Å². The molecule has 0 spiro atoms. The van der Waals surface area contributed by atoms with E-state index in [0.29, 0.717) is 0 Å². The molecule has 0 N–H and O–H groups in total. The molecule has 0 saturated heterocycles. The maximum absolute atomic E-state index is 4.49. The van der Waals surface area contributed by atoms with Gasteiger partial charge in [-0.25, -0.2) is 9.97 Å². The minimum atomic E-state index is 0.000426. The summed E-state index contributed by atoms with van der Waals surface area (Å²) in [5.74, 6) is 0. The second-order valence-electron chi connectivity index (χ2n) is 5.74. The molecule has 0 atom stereocenters. The fourth-order valence-electron chi connectivity index (χ4n) is 2.02. The number of aromatic nitrogens is 4. The van der Waals surface area contributed by atoms with Crippen LogP contribution in [0.4, 0.5) is 0 Å². The molecule has 3 rings (SSSR count). The van der Waals surface area contributed by atoms with Gasteiger partial charge in [-0.2, -0.15) is 0 Å². The quantitative estimate of drug-likeness (QED) is 0.636. The van der Waals surface area contributed by atoms with Gasteiger partial charge in [0.2, 0.25) is 0 Å². The molecular formula is C15H15BrN4. The first-order valence-corrected chi connectivity index (χ1v) is 7.21. The smallest absolute Gasteiger partial charge is 0.155 e. The third-order valence-electron chi connectivity index (χ3n) is 3.14. The van der Waals surface area contributed by atoms with Crippen LogP contribution in [0.3, 0.4) is 0 Å². The SMILES string of the molecule is CC(C)(C)c1cn2c(-c3cccc(Br)n3)cnc2cn1. The third kappa shape index (κ3) is 2.33. The number of hydrogen-bond donors (Lipinski definition) is 0. The van der Waals surface area contributed by atoms with Crippen LogP contribution in [0.15, 0.2) is 41.4 Å². The van der Waals surface area contributed by atoms with Gasteiger partial charge in [0.05, 0.1) is 29.5 Å². The lowest BCUT2D eigenvalue weighted by atomic mass is 9.93. The first kappa shape index (κ1) is 13.2. The van der Waals surface area contributed by atoms with E-state index in [4.69, 9.17) is 0 Å². The largest absolute Gasteiger partial charge is 0.295 e. The van der Waals surface area contributed by atoms with Crippen molar-refractivity contribution < 1.29 is 0 Å². The zero-order valence-corrected chi connectivity index (χ0v) is 13.2. The minimum Gasteiger partial charge on any atom is -0.295 e. The lowest BCUT2D eigenvalue weighted by Crippen LogP contribution is -2.14. The highest BCUT2D eigenvalue weighted by Crippen LogP contribution is 2.24. The van der Waals surface area contributed by atoms with Crippen molar-refractivity contribution in [3.8, 4) is 11.4 Å². The zero-order chi connectivity index (χ0) is 14.3. The van der Waals surface area contributed by atoms with E-state index in [9.17, 15) is 0 Å². The Kier molecular flexibility index (Phi) is 3.09. The summed E-state index contributed by atoms with van der Waals surface area (Å²) in [5.41, 5.74) is 3.71. The Morgan fingerprint density at radius 1 is 1.10 bits per heavy atom. The molecule has 3 heterocycles. The Hall–Kier alpha value is -1.75. The van der Waals surface area contributed by atoms with Gasteiger partial charge in [-0.05, 0) is 28.1 Å². The number of nitrogens with zero attached hydrogens (tertiary/aromatic N) is 4. The summed E-state index contributed by atoms with van der Waals surface area (Å²) in [5, 5.41) is 0. The van der Waals surface area contributed by atoms with Crippen LogP contribution in [0.25, 0.3) is 17.0 Å². The van der Waals surface area contributed by atoms with Crippen molar-refractivity contribution in [2.75, 3.05) is 0 Å². The number of halogens is 1. The lowest BCUT2D eigenvalue weighted by Gasteiger charge is -2.17. The first-order chi connectivity index (χ1) is 9.45. The molecule has 0 aromatic carbocycles. The predicted octanol–water partition coefficient (Wildman–Crippen LogP) is 3.85. The molecule has 0 aliphatic heterocycles. The van der Waals surface area contributed by atoms with Crippen molar-refractivity contribution in [2.24, 2.45) is 0 Å². The zero-order valence-electron chi connectivity index (χ0n) is 11.6. The van der Waals surface area contributed by atoms with Crippen LogP contribution >= 0.6 is 15.9 Å². The van der Waals surface area contributed by atoms with E-state index < -0.39 is 0 Å². The Bertz CT molecular complexity index is 771. The van der Waals surface area contributed by atoms with E-state index in [1.165, 1.54) is 0 Å². The van der Waals surface area contributed by atoms with Crippen LogP contribution in [0.5, 0.6) is 0 Å². The molecule has 20 heavy (non-hydrogen) atoms. The monoisotopic (exact) mass is 330 g/mol. The molecule has 0 amide bonds. The normalized spacial score (nSPS) is 12.0. The summed E-state index contributed by atoms with van der Waals surface area (Å²) in [6, 6.07) is 5.86. The Morgan fingerprint density at radius 2 is 1.90 bits per heavy atom. The molecule has 0 aliphatic carbocycles. The van der Waals surface area contributed by atoms with Crippen LogP contribution in [0.2, 0.25) is 0 Å². The van der Waals surface area contributed by atoms with Gasteiger partial charge in [-0.1, -0.05) is 26.8 Å². The Labute approximate surface area is 126 Å². The summed E-state index contributed by atoms with van der Waals surface area (Å²) in [7, 11) is 0. The van der Waals surface area contributed by atoms with Crippen molar-refractivity contribution in [3.05, 3.63) is 47.1 Å². The molecule has 0 unspecified atom stereocenters. The number of fused-ring (bicyclic) bond motifs is 1. The summed E-state index contributed by atoms with van der Waals surface area (Å²) in [6.07, 6.45) is 5.68. The van der Waals surface area contributed by atoms with Gasteiger partial charge in [0.1, 0.15) is 4.60 Å². The molecule has 5 heteroatoms. The Balaban J connectivity index is 2.22. The molecule has 0 fully saturated rings. The average molecular weight is 331 g/mol. The highest BCUT2D eigenvalue weighted by Gasteiger charge is 2.17. The van der Waals surface area contributed by atoms with Crippen molar-refractivity contribution in [3.63, 3.8) is 0 Å². The minimum absolute atomic E-state index is 0.000426. The third-order valence-corrected chi connectivity index (χ3v) is 3.58. The molecule has 3 aromatic heterocycles. The topological polar surface area (TPSA) is 43.1 Å². The molecule has 0 radical (unpaired) electrons. The van der Waals surface area contributed by atoms with E-state index in [0.717, 1.165) is 27.3 Å². The number of pyridine rings is 1. The van der Waals surface area contributed by atoms with E-state index in [2.05, 4.69) is 51.7 Å². The second kappa shape index (κ2) is 4.66. The fourth-order valence-corrected chi connectivity index (χ4v) is 2.36. The summed E-state index contributed by atoms with van der Waals surface area (Å²) in [4.78, 5) is 13.4. The van der Waals surface area contributed by atoms with Crippen molar-refractivity contribution in [2.45, 2.75) is 26.2 Å². The maximum Gasteiger partial charge on any atom is 0.155 e. The fraction of sp³-hybridized carbons (Fsp3) is 0.267. The standard InChI is InChI=1S/C15H15BrN4/c1-15(2,3)12-9-20-11(7-18-14(20)8-17-12)10-5-4-6-13(16)19-10/h4-9H,1-3H3. The van der Waals surface area contributed by atoms with Crippen molar-refractivity contribution in [1.29, 1.82) is 0 Å². The summed E-state index contributed by atoms with van der Waals surface area (Å²) < 4.78 is 2.86. The Morgan fingerprint density at radius 3 is 2.60 bits per heavy atom. The highest BCUT2D eigenvalue weighted by atomic mass is 79.9. The summed E-state index contributed by atoms with van der Waals surface area (Å²) in [6.45, 7) is 6.44. The maximum atomic E-state index is 4.49. The number of rotatable bonds is 1. The van der Waals surface area contributed by atoms with Crippen LogP contribution < -0.4 is 0 Å². The van der Waals surface area contributed by atoms with Crippen LogP contribution in [0, 0.1) is 0 Å². The summed E-state index contributed by atoms with van der Waals surface area (Å²) >= 11 is 3.40. The van der Waals surface area contributed by atoms with Crippen molar-refractivity contribution in [1.82, 2.24) is 19.4 Å². The van der Waals surface area contributed by atoms with Gasteiger partial charge in [0.25, 0.3) is 0 Å². The van der Waals surface area contributed by atoms with Gasteiger partial charge in [0, 0.05) is 11.6 Å². The molecular weight excluding hydrogens is 316 g/mol. The van der Waals surface area contributed by atoms with Gasteiger partial charge in [-0.15, -0.1) is 0 Å². The van der Waals surface area contributed by atoms with Gasteiger partial charge >= 0.3 is 0 Å². The molecule has 3 aromatic rings. The first-order valence-electron chi connectivity index (χ1n) is 6.42. The second-order valence-corrected chi connectivity index (χ2v) is 6.55. The molecule has 0 bridgehead atoms. The van der Waals surface area contributed by atoms with Crippen molar-refractivity contribution >= 4 is 21.6 Å². The number of imidazole rings is 1. The van der Waals surface area contributed by atoms with Gasteiger partial charge in [-0.3, -0.25) is 9.38 Å². The van der Waals surface area contributed by atoms with E-state index in [1.54, 1.807) is 0 Å². The van der Waals surface area contributed by atoms with E-state index in [-0.39, 0.29) is 5.41 Å². The average Bonchev–Trinajstić information content (AvgIpc) is 2.80. The van der Waals surface area contributed by atoms with Crippen LogP contribution in [-0.4, -0.2) is 19.4 Å². The number of hydrogen-bond acceptors (Lipinski definition) is 3. The van der Waals surface area contributed by atoms with E-state index in [1.807, 2.05) is 41.2 Å². The lowest BCUT2D eigenvalue weighted by molar-refractivity contribution is 0.565. The molecule has 0 aliphatic rings. The van der Waals surface area contributed by atoms with Gasteiger partial charge in [0.15, 0.2) is 5.65 Å². The van der Waals surface area contributed by atoms with Crippen LogP contribution in [-0.2, 0) is 5.41 Å². The van der Waals surface area contributed by atoms with E-state index >= 15 is 0 Å². The highest BCUT2D eigenvalue weighted by molar-refractivity contribution is 9.10. The molecule has 102 valence electrons. The predicted molar refractivity (Wildman–Crippen MR) is 82.6 cm³/mol. The van der Waals surface area contributed by atoms with Crippen LogP contribution in [0.1, 0.15) is 26.5 Å². The molecule has 0 saturated carbocycles.